The number of phenols is 1. The zero-order valence-electron chi connectivity index (χ0n) is 9.56. The van der Waals surface area contributed by atoms with Gasteiger partial charge >= 0.3 is 5.97 Å². The fourth-order valence-corrected chi connectivity index (χ4v) is 1.47. The average Bonchev–Trinajstić information content (AvgIpc) is 2.27. The molecule has 1 aromatic carbocycles. The van der Waals surface area contributed by atoms with E-state index in [9.17, 15) is 19.5 Å². The van der Waals surface area contributed by atoms with Crippen LogP contribution in [0.25, 0.3) is 0 Å². The van der Waals surface area contributed by atoms with Gasteiger partial charge in [0, 0.05) is 30.7 Å². The fourth-order valence-electron chi connectivity index (χ4n) is 1.47. The number of amides is 1. The summed E-state index contributed by atoms with van der Waals surface area (Å²) in [6.07, 6.45) is 1.07. The van der Waals surface area contributed by atoms with E-state index in [-0.39, 0.29) is 29.1 Å². The predicted molar refractivity (Wildman–Crippen MR) is 63.3 cm³/mol. The maximum atomic E-state index is 11.0. The van der Waals surface area contributed by atoms with E-state index in [0.29, 0.717) is 0 Å². The molecular weight excluding hydrogens is 238 g/mol. The van der Waals surface area contributed by atoms with E-state index in [1.807, 2.05) is 0 Å². The lowest BCUT2D eigenvalue weighted by Crippen LogP contribution is -2.09. The van der Waals surface area contributed by atoms with E-state index in [0.717, 1.165) is 6.08 Å². The molecule has 0 bridgehead atoms. The quantitative estimate of drug-likeness (QED) is 0.690. The van der Waals surface area contributed by atoms with Crippen molar-refractivity contribution in [1.29, 1.82) is 0 Å². The maximum absolute atomic E-state index is 11.0. The highest BCUT2D eigenvalue weighted by atomic mass is 16.4. The second-order valence-electron chi connectivity index (χ2n) is 3.50. The Bertz CT molecular complexity index is 544. The van der Waals surface area contributed by atoms with E-state index in [1.165, 1.54) is 25.0 Å². The van der Waals surface area contributed by atoms with Crippen LogP contribution in [0.4, 0.5) is 5.69 Å². The minimum Gasteiger partial charge on any atom is -0.507 e. The van der Waals surface area contributed by atoms with Crippen molar-refractivity contribution < 1.29 is 24.6 Å². The van der Waals surface area contributed by atoms with Crippen LogP contribution in [0.15, 0.2) is 18.2 Å². The average molecular weight is 249 g/mol. The van der Waals surface area contributed by atoms with Gasteiger partial charge in [0.2, 0.25) is 5.91 Å². The molecule has 0 unspecified atom stereocenters. The third-order valence-corrected chi connectivity index (χ3v) is 2.21. The van der Waals surface area contributed by atoms with Crippen molar-refractivity contribution in [1.82, 2.24) is 0 Å². The summed E-state index contributed by atoms with van der Waals surface area (Å²) in [5, 5.41) is 21.1. The molecule has 0 aliphatic rings. The lowest BCUT2D eigenvalue weighted by atomic mass is 10.0. The molecule has 0 saturated carbocycles. The zero-order chi connectivity index (χ0) is 13.7. The molecule has 0 aliphatic carbocycles. The molecule has 0 fully saturated rings. The zero-order valence-corrected chi connectivity index (χ0v) is 9.56. The van der Waals surface area contributed by atoms with Crippen LogP contribution in [0, 0.1) is 0 Å². The van der Waals surface area contributed by atoms with Gasteiger partial charge in [-0.05, 0) is 12.1 Å². The molecule has 1 rings (SSSR count). The Hall–Kier alpha value is -2.59. The molecule has 0 aliphatic heterocycles. The smallest absolute Gasteiger partial charge is 0.339 e. The Morgan fingerprint density at radius 2 is 2.11 bits per heavy atom. The topological polar surface area (TPSA) is 104 Å². The molecule has 94 valence electrons. The second kappa shape index (κ2) is 5.65. The van der Waals surface area contributed by atoms with Crippen molar-refractivity contribution in [3.63, 3.8) is 0 Å². The molecule has 6 heteroatoms. The van der Waals surface area contributed by atoms with Gasteiger partial charge in [-0.3, -0.25) is 4.79 Å². The number of carboxylic acid groups (broad SMARTS) is 1. The third kappa shape index (κ3) is 2.96. The maximum Gasteiger partial charge on any atom is 0.339 e. The number of hydrogen-bond acceptors (Lipinski definition) is 4. The molecular formula is C12H11NO5. The highest BCUT2D eigenvalue weighted by Crippen LogP contribution is 2.30. The van der Waals surface area contributed by atoms with E-state index >= 15 is 0 Å². The number of anilines is 1. The van der Waals surface area contributed by atoms with Crippen LogP contribution in [-0.2, 0) is 16.0 Å². The molecule has 1 amide bonds. The number of allylic oxidation sites excluding steroid dienone is 1. The molecule has 18 heavy (non-hydrogen) atoms. The number of carbonyl (C=O) groups excluding carboxylic acids is 2. The Labute approximate surface area is 103 Å². The van der Waals surface area contributed by atoms with Crippen LogP contribution < -0.4 is 5.32 Å². The summed E-state index contributed by atoms with van der Waals surface area (Å²) >= 11 is 0. The number of rotatable bonds is 4. The Morgan fingerprint density at radius 3 is 2.61 bits per heavy atom. The summed E-state index contributed by atoms with van der Waals surface area (Å²) in [5.74, 6) is -0.606. The summed E-state index contributed by atoms with van der Waals surface area (Å²) in [6.45, 7) is 1.28. The minimum atomic E-state index is -1.29. The van der Waals surface area contributed by atoms with E-state index in [1.54, 1.807) is 0 Å². The standard InChI is InChI=1S/C12H11NO5/c1-7(15)13-10-5-4-9(12(17)18)11(16)8(10)3-2-6-14/h2,4-5,16H,3H2,1H3,(H,13,15)(H,17,18). The SMILES string of the molecule is CC(=O)Nc1ccc(C(=O)O)c(O)c1CC=C=O. The number of hydrogen-bond donors (Lipinski definition) is 3. The molecule has 0 aromatic heterocycles. The first-order chi connectivity index (χ1) is 8.47. The number of aromatic carboxylic acids is 1. The molecule has 0 radical (unpaired) electrons. The molecule has 6 nitrogen and oxygen atoms in total. The van der Waals surface area contributed by atoms with Crippen LogP contribution >= 0.6 is 0 Å². The van der Waals surface area contributed by atoms with Gasteiger partial charge in [0.15, 0.2) is 0 Å². The first kappa shape index (κ1) is 13.5. The Morgan fingerprint density at radius 1 is 1.44 bits per heavy atom. The number of benzene rings is 1. The van der Waals surface area contributed by atoms with Gasteiger partial charge < -0.3 is 15.5 Å². The van der Waals surface area contributed by atoms with Crippen molar-refractivity contribution in [2.75, 3.05) is 5.32 Å². The van der Waals surface area contributed by atoms with Crippen molar-refractivity contribution in [3.05, 3.63) is 29.3 Å². The molecule has 0 saturated heterocycles. The van der Waals surface area contributed by atoms with Gasteiger partial charge in [-0.15, -0.1) is 0 Å². The Balaban J connectivity index is 3.34. The summed E-state index contributed by atoms with van der Waals surface area (Å²) in [7, 11) is 0. The third-order valence-electron chi connectivity index (χ3n) is 2.21. The summed E-state index contributed by atoms with van der Waals surface area (Å²) in [6, 6.07) is 2.54. The molecule has 0 spiro atoms. The molecule has 3 N–H and O–H groups in total. The van der Waals surface area contributed by atoms with Crippen LogP contribution in [-0.4, -0.2) is 28.0 Å². The summed E-state index contributed by atoms with van der Waals surface area (Å²) < 4.78 is 0. The highest BCUT2D eigenvalue weighted by molar-refractivity contribution is 5.95. The van der Waals surface area contributed by atoms with E-state index in [2.05, 4.69) is 5.32 Å². The lowest BCUT2D eigenvalue weighted by Gasteiger charge is -2.11. The van der Waals surface area contributed by atoms with Gasteiger partial charge in [-0.2, -0.15) is 0 Å². The fraction of sp³-hybridized carbons (Fsp3) is 0.167. The van der Waals surface area contributed by atoms with Gasteiger partial charge in [0.05, 0.1) is 0 Å². The van der Waals surface area contributed by atoms with Crippen LogP contribution in [0.2, 0.25) is 0 Å². The minimum absolute atomic E-state index is 0.0218. The van der Waals surface area contributed by atoms with E-state index < -0.39 is 11.7 Å². The normalized spacial score (nSPS) is 9.39. The van der Waals surface area contributed by atoms with Crippen molar-refractivity contribution >= 4 is 23.5 Å². The Kier molecular flexibility index (Phi) is 4.23. The van der Waals surface area contributed by atoms with Gasteiger partial charge in [-0.25, -0.2) is 9.59 Å². The van der Waals surface area contributed by atoms with Gasteiger partial charge in [-0.1, -0.05) is 0 Å². The first-order valence-electron chi connectivity index (χ1n) is 5.02. The predicted octanol–water partition coefficient (Wildman–Crippen LogP) is 0.979. The van der Waals surface area contributed by atoms with E-state index in [4.69, 9.17) is 5.11 Å². The number of carbonyl (C=O) groups is 2. The van der Waals surface area contributed by atoms with Crippen LogP contribution in [0.3, 0.4) is 0 Å². The molecule has 0 heterocycles. The van der Waals surface area contributed by atoms with Gasteiger partial charge in [0.25, 0.3) is 0 Å². The van der Waals surface area contributed by atoms with Crippen molar-refractivity contribution in [2.45, 2.75) is 13.3 Å². The largest absolute Gasteiger partial charge is 0.507 e. The van der Waals surface area contributed by atoms with Crippen molar-refractivity contribution in [3.8, 4) is 5.75 Å². The molecule has 1 aromatic rings. The van der Waals surface area contributed by atoms with Gasteiger partial charge in [0.1, 0.15) is 17.3 Å². The monoisotopic (exact) mass is 249 g/mol. The lowest BCUT2D eigenvalue weighted by molar-refractivity contribution is -0.114. The number of nitrogens with one attached hydrogen (secondary N) is 1. The summed E-state index contributed by atoms with van der Waals surface area (Å²) in [5.41, 5.74) is 0.128. The number of aromatic hydroxyl groups is 1. The second-order valence-corrected chi connectivity index (χ2v) is 3.50. The van der Waals surface area contributed by atoms with Crippen molar-refractivity contribution in [2.24, 2.45) is 0 Å². The van der Waals surface area contributed by atoms with Crippen LogP contribution in [0.1, 0.15) is 22.8 Å². The summed E-state index contributed by atoms with van der Waals surface area (Å²) in [4.78, 5) is 32.0. The first-order valence-corrected chi connectivity index (χ1v) is 5.02. The highest BCUT2D eigenvalue weighted by Gasteiger charge is 2.16. The molecule has 0 atom stereocenters. The number of carboxylic acids is 1. The van der Waals surface area contributed by atoms with Crippen LogP contribution in [0.5, 0.6) is 5.75 Å².